The van der Waals surface area contributed by atoms with Gasteiger partial charge in [0.15, 0.2) is 0 Å². The molecule has 0 radical (unpaired) electrons. The van der Waals surface area contributed by atoms with Crippen LogP contribution >= 0.6 is 11.3 Å². The van der Waals surface area contributed by atoms with E-state index in [-0.39, 0.29) is 5.41 Å². The van der Waals surface area contributed by atoms with E-state index in [1.165, 1.54) is 5.01 Å². The third-order valence-electron chi connectivity index (χ3n) is 4.00. The maximum Gasteiger partial charge on any atom is 0.110 e. The Kier molecular flexibility index (Phi) is 4.09. The second kappa shape index (κ2) is 5.27. The standard InChI is InChI=1S/C14H24N2OS/c1-6-17-12-7-11(14(12,4)5)16-10(3)13-15-9(2)8-18-13/h8,10-12,16H,6-7H2,1-5H3. The first-order chi connectivity index (χ1) is 8.45. The third-order valence-corrected chi connectivity index (χ3v) is 5.15. The molecule has 1 aliphatic rings. The van der Waals surface area contributed by atoms with Crippen LogP contribution in [0.4, 0.5) is 0 Å². The molecule has 0 aliphatic heterocycles. The molecule has 2 rings (SSSR count). The molecule has 1 aromatic heterocycles. The van der Waals surface area contributed by atoms with Crippen LogP contribution in [0.1, 0.15) is 50.9 Å². The van der Waals surface area contributed by atoms with Gasteiger partial charge in [-0.3, -0.25) is 0 Å². The van der Waals surface area contributed by atoms with E-state index >= 15 is 0 Å². The number of ether oxygens (including phenoxy) is 1. The largest absolute Gasteiger partial charge is 0.378 e. The summed E-state index contributed by atoms with van der Waals surface area (Å²) in [6.45, 7) is 11.7. The Hall–Kier alpha value is -0.450. The van der Waals surface area contributed by atoms with Gasteiger partial charge < -0.3 is 10.1 Å². The van der Waals surface area contributed by atoms with E-state index in [0.717, 1.165) is 18.7 Å². The van der Waals surface area contributed by atoms with Gasteiger partial charge in [0.05, 0.1) is 12.1 Å². The minimum absolute atomic E-state index is 0.219. The van der Waals surface area contributed by atoms with Crippen LogP contribution in [-0.2, 0) is 4.74 Å². The molecular formula is C14H24N2OS. The Balaban J connectivity index is 1.91. The van der Waals surface area contributed by atoms with Crippen molar-refractivity contribution in [3.63, 3.8) is 0 Å². The summed E-state index contributed by atoms with van der Waals surface area (Å²) in [5.74, 6) is 0. The molecule has 1 saturated carbocycles. The topological polar surface area (TPSA) is 34.1 Å². The van der Waals surface area contributed by atoms with Crippen LogP contribution in [0.5, 0.6) is 0 Å². The molecule has 3 atom stereocenters. The first-order valence-electron chi connectivity index (χ1n) is 6.74. The molecule has 102 valence electrons. The minimum atomic E-state index is 0.219. The van der Waals surface area contributed by atoms with E-state index in [1.807, 2.05) is 6.92 Å². The fraction of sp³-hybridized carbons (Fsp3) is 0.786. The van der Waals surface area contributed by atoms with Crippen LogP contribution in [0.25, 0.3) is 0 Å². The highest BCUT2D eigenvalue weighted by atomic mass is 32.1. The summed E-state index contributed by atoms with van der Waals surface area (Å²) >= 11 is 1.74. The molecule has 0 saturated heterocycles. The lowest BCUT2D eigenvalue weighted by atomic mass is 9.64. The van der Waals surface area contributed by atoms with Crippen molar-refractivity contribution < 1.29 is 4.74 Å². The smallest absolute Gasteiger partial charge is 0.110 e. The molecule has 3 nitrogen and oxygen atoms in total. The lowest BCUT2D eigenvalue weighted by molar-refractivity contribution is -0.116. The number of aryl methyl sites for hydroxylation is 1. The normalized spacial score (nSPS) is 27.8. The van der Waals surface area contributed by atoms with Gasteiger partial charge in [0.2, 0.25) is 0 Å². The fourth-order valence-corrected chi connectivity index (χ4v) is 3.41. The lowest BCUT2D eigenvalue weighted by Crippen LogP contribution is -2.61. The van der Waals surface area contributed by atoms with Crippen molar-refractivity contribution >= 4 is 11.3 Å². The van der Waals surface area contributed by atoms with E-state index in [4.69, 9.17) is 4.74 Å². The van der Waals surface area contributed by atoms with Gasteiger partial charge in [-0.1, -0.05) is 13.8 Å². The van der Waals surface area contributed by atoms with E-state index in [1.54, 1.807) is 11.3 Å². The quantitative estimate of drug-likeness (QED) is 0.889. The molecule has 1 fully saturated rings. The zero-order chi connectivity index (χ0) is 13.3. The molecule has 1 aliphatic carbocycles. The summed E-state index contributed by atoms with van der Waals surface area (Å²) in [6, 6.07) is 0.851. The van der Waals surface area contributed by atoms with Crippen molar-refractivity contribution in [2.45, 2.75) is 59.2 Å². The SMILES string of the molecule is CCOC1CC(NC(C)c2nc(C)cs2)C1(C)C. The third kappa shape index (κ3) is 2.60. The average molecular weight is 268 g/mol. The Morgan fingerprint density at radius 1 is 1.61 bits per heavy atom. The molecule has 0 spiro atoms. The minimum Gasteiger partial charge on any atom is -0.378 e. The molecule has 4 heteroatoms. The molecule has 18 heavy (non-hydrogen) atoms. The summed E-state index contributed by atoms with van der Waals surface area (Å²) < 4.78 is 5.76. The van der Waals surface area contributed by atoms with E-state index in [9.17, 15) is 0 Å². The number of hydrogen-bond donors (Lipinski definition) is 1. The van der Waals surface area contributed by atoms with Gasteiger partial charge in [-0.05, 0) is 27.2 Å². The van der Waals surface area contributed by atoms with Gasteiger partial charge in [0.1, 0.15) is 5.01 Å². The number of thiazole rings is 1. The predicted molar refractivity (Wildman–Crippen MR) is 76.0 cm³/mol. The van der Waals surface area contributed by atoms with Crippen molar-refractivity contribution in [1.29, 1.82) is 0 Å². The van der Waals surface area contributed by atoms with Gasteiger partial charge in [-0.2, -0.15) is 0 Å². The fourth-order valence-electron chi connectivity index (χ4n) is 2.60. The van der Waals surface area contributed by atoms with E-state index in [2.05, 4.69) is 43.4 Å². The highest BCUT2D eigenvalue weighted by Gasteiger charge is 2.49. The summed E-state index contributed by atoms with van der Waals surface area (Å²) in [5, 5.41) is 6.99. The monoisotopic (exact) mass is 268 g/mol. The maximum absolute atomic E-state index is 5.76. The van der Waals surface area contributed by atoms with Gasteiger partial charge in [0, 0.05) is 29.1 Å². The molecular weight excluding hydrogens is 244 g/mol. The summed E-state index contributed by atoms with van der Waals surface area (Å²) in [7, 11) is 0. The molecule has 1 heterocycles. The Morgan fingerprint density at radius 3 is 2.83 bits per heavy atom. The number of rotatable bonds is 5. The van der Waals surface area contributed by atoms with Gasteiger partial charge in [0.25, 0.3) is 0 Å². The van der Waals surface area contributed by atoms with Crippen LogP contribution in [0.3, 0.4) is 0 Å². The van der Waals surface area contributed by atoms with Crippen LogP contribution in [-0.4, -0.2) is 23.7 Å². The maximum atomic E-state index is 5.76. The highest BCUT2D eigenvalue weighted by molar-refractivity contribution is 7.09. The Labute approximate surface area is 114 Å². The number of nitrogens with one attached hydrogen (secondary N) is 1. The highest BCUT2D eigenvalue weighted by Crippen LogP contribution is 2.43. The number of aromatic nitrogens is 1. The molecule has 0 amide bonds. The summed E-state index contributed by atoms with van der Waals surface area (Å²) in [5.41, 5.74) is 1.33. The first-order valence-corrected chi connectivity index (χ1v) is 7.62. The number of nitrogens with zero attached hydrogens (tertiary/aromatic N) is 1. The van der Waals surface area contributed by atoms with Crippen LogP contribution in [0, 0.1) is 12.3 Å². The van der Waals surface area contributed by atoms with Crippen molar-refractivity contribution in [2.75, 3.05) is 6.61 Å². The Bertz CT molecular complexity index is 402. The van der Waals surface area contributed by atoms with Gasteiger partial charge >= 0.3 is 0 Å². The Morgan fingerprint density at radius 2 is 2.33 bits per heavy atom. The zero-order valence-electron chi connectivity index (χ0n) is 12.0. The molecule has 3 unspecified atom stereocenters. The van der Waals surface area contributed by atoms with E-state index < -0.39 is 0 Å². The van der Waals surface area contributed by atoms with Crippen molar-refractivity contribution in [3.8, 4) is 0 Å². The van der Waals surface area contributed by atoms with Crippen LogP contribution in [0.2, 0.25) is 0 Å². The summed E-state index contributed by atoms with van der Waals surface area (Å²) in [6.07, 6.45) is 1.50. The average Bonchev–Trinajstić information content (AvgIpc) is 2.74. The van der Waals surface area contributed by atoms with Crippen molar-refractivity contribution in [3.05, 3.63) is 16.1 Å². The van der Waals surface area contributed by atoms with Gasteiger partial charge in [-0.25, -0.2) is 4.98 Å². The molecule has 0 bridgehead atoms. The van der Waals surface area contributed by atoms with E-state index in [0.29, 0.717) is 18.2 Å². The van der Waals surface area contributed by atoms with Crippen molar-refractivity contribution in [2.24, 2.45) is 5.41 Å². The number of hydrogen-bond acceptors (Lipinski definition) is 4. The second-order valence-corrected chi connectivity index (χ2v) is 6.66. The first kappa shape index (κ1) is 14.0. The predicted octanol–water partition coefficient (Wildman–Crippen LogP) is 3.31. The van der Waals surface area contributed by atoms with Crippen LogP contribution in [0.15, 0.2) is 5.38 Å². The second-order valence-electron chi connectivity index (χ2n) is 5.77. The summed E-state index contributed by atoms with van der Waals surface area (Å²) in [4.78, 5) is 4.55. The molecule has 1 N–H and O–H groups in total. The van der Waals surface area contributed by atoms with Gasteiger partial charge in [-0.15, -0.1) is 11.3 Å². The van der Waals surface area contributed by atoms with Crippen LogP contribution < -0.4 is 5.32 Å². The molecule has 1 aromatic rings. The van der Waals surface area contributed by atoms with Crippen molar-refractivity contribution in [1.82, 2.24) is 10.3 Å². The molecule has 0 aromatic carbocycles. The lowest BCUT2D eigenvalue weighted by Gasteiger charge is -2.52. The zero-order valence-corrected chi connectivity index (χ0v) is 12.8.